The summed E-state index contributed by atoms with van der Waals surface area (Å²) in [4.78, 5) is 16.7. The van der Waals surface area contributed by atoms with Crippen LogP contribution in [-0.2, 0) is 9.47 Å². The Morgan fingerprint density at radius 3 is 3.22 bits per heavy atom. The normalized spacial score (nSPS) is 21.5. The lowest BCUT2D eigenvalue weighted by molar-refractivity contribution is -0.0737. The first kappa shape index (κ1) is 15.9. The molecule has 1 aromatic heterocycles. The quantitative estimate of drug-likeness (QED) is 0.855. The zero-order chi connectivity index (χ0) is 16.2. The number of hydrogen-bond acceptors (Lipinski definition) is 6. The summed E-state index contributed by atoms with van der Waals surface area (Å²) in [6, 6.07) is 5.04. The molecule has 2 atom stereocenters. The number of aromatic nitrogens is 1. The first-order valence-electron chi connectivity index (χ1n) is 7.65. The van der Waals surface area contributed by atoms with Gasteiger partial charge in [-0.25, -0.2) is 4.98 Å². The molecule has 0 radical (unpaired) electrons. The number of aliphatic hydroxyl groups is 1. The third-order valence-corrected chi connectivity index (χ3v) is 3.80. The van der Waals surface area contributed by atoms with Crippen LogP contribution in [0, 0.1) is 6.92 Å². The van der Waals surface area contributed by atoms with Crippen molar-refractivity contribution in [2.24, 2.45) is 0 Å². The summed E-state index contributed by atoms with van der Waals surface area (Å²) >= 11 is 0. The molecule has 124 valence electrons. The highest BCUT2D eigenvalue weighted by molar-refractivity contribution is 5.97. The lowest BCUT2D eigenvalue weighted by Gasteiger charge is -2.31. The van der Waals surface area contributed by atoms with Crippen LogP contribution in [0.5, 0.6) is 0 Å². The predicted octanol–water partition coefficient (Wildman–Crippen LogP) is 1.03. The fraction of sp³-hybridized carbons (Fsp3) is 0.500. The van der Waals surface area contributed by atoms with E-state index < -0.39 is 0 Å². The second kappa shape index (κ2) is 7.08. The molecule has 2 heterocycles. The Bertz CT molecular complexity index is 684. The van der Waals surface area contributed by atoms with Gasteiger partial charge in [0, 0.05) is 19.1 Å². The van der Waals surface area contributed by atoms with Crippen LogP contribution < -0.4 is 5.32 Å². The van der Waals surface area contributed by atoms with E-state index in [1.165, 1.54) is 0 Å². The summed E-state index contributed by atoms with van der Waals surface area (Å²) in [5.41, 5.74) is 1.84. The average Bonchev–Trinajstić information content (AvgIpc) is 2.93. The van der Waals surface area contributed by atoms with Crippen molar-refractivity contribution in [3.8, 4) is 0 Å². The van der Waals surface area contributed by atoms with Crippen LogP contribution in [0.15, 0.2) is 22.6 Å². The predicted molar refractivity (Wildman–Crippen MR) is 82.3 cm³/mol. The Hall–Kier alpha value is -1.96. The van der Waals surface area contributed by atoms with Crippen molar-refractivity contribution in [3.05, 3.63) is 29.7 Å². The molecule has 2 N–H and O–H groups in total. The zero-order valence-corrected chi connectivity index (χ0v) is 12.9. The van der Waals surface area contributed by atoms with E-state index in [1.807, 2.05) is 0 Å². The molecule has 3 rings (SSSR count). The molecule has 1 aliphatic rings. The Balaban J connectivity index is 1.70. The standard InChI is InChI=1S/C16H20N2O5/c1-10-17-12-3-2-11(8-14(12)23-10)16(20)18-13-4-6-21-9-15(13)22-7-5-19/h2-3,8,13,15,19H,4-7,9H2,1H3,(H,18,20)/t13-,15-/m1/s1. The number of rotatable bonds is 5. The average molecular weight is 320 g/mol. The van der Waals surface area contributed by atoms with Gasteiger partial charge in [-0.1, -0.05) is 0 Å². The summed E-state index contributed by atoms with van der Waals surface area (Å²) in [5, 5.41) is 11.9. The van der Waals surface area contributed by atoms with E-state index >= 15 is 0 Å². The molecular formula is C16H20N2O5. The monoisotopic (exact) mass is 320 g/mol. The molecule has 7 heteroatoms. The van der Waals surface area contributed by atoms with Crippen molar-refractivity contribution in [2.45, 2.75) is 25.5 Å². The lowest BCUT2D eigenvalue weighted by Crippen LogP contribution is -2.50. The largest absolute Gasteiger partial charge is 0.441 e. The highest BCUT2D eigenvalue weighted by Gasteiger charge is 2.28. The van der Waals surface area contributed by atoms with Crippen LogP contribution in [-0.4, -0.2) is 54.6 Å². The molecule has 1 aliphatic heterocycles. The first-order valence-corrected chi connectivity index (χ1v) is 7.65. The Labute approximate surface area is 133 Å². The van der Waals surface area contributed by atoms with Crippen LogP contribution in [0.1, 0.15) is 22.7 Å². The van der Waals surface area contributed by atoms with Crippen molar-refractivity contribution >= 4 is 17.0 Å². The van der Waals surface area contributed by atoms with Crippen molar-refractivity contribution in [1.29, 1.82) is 0 Å². The molecule has 0 unspecified atom stereocenters. The molecular weight excluding hydrogens is 300 g/mol. The van der Waals surface area contributed by atoms with Gasteiger partial charge in [-0.05, 0) is 24.6 Å². The van der Waals surface area contributed by atoms with Gasteiger partial charge < -0.3 is 24.3 Å². The molecule has 0 bridgehead atoms. The fourth-order valence-corrected chi connectivity index (χ4v) is 2.68. The van der Waals surface area contributed by atoms with Gasteiger partial charge in [-0.2, -0.15) is 0 Å². The molecule has 0 spiro atoms. The van der Waals surface area contributed by atoms with Gasteiger partial charge in [0.15, 0.2) is 11.5 Å². The summed E-state index contributed by atoms with van der Waals surface area (Å²) in [5.74, 6) is 0.380. The number of nitrogens with one attached hydrogen (secondary N) is 1. The van der Waals surface area contributed by atoms with Crippen LogP contribution in [0.2, 0.25) is 0 Å². The minimum Gasteiger partial charge on any atom is -0.441 e. The maximum Gasteiger partial charge on any atom is 0.251 e. The second-order valence-electron chi connectivity index (χ2n) is 5.49. The van der Waals surface area contributed by atoms with E-state index in [2.05, 4.69) is 10.3 Å². The molecule has 1 aromatic carbocycles. The number of carbonyl (C=O) groups excluding carboxylic acids is 1. The van der Waals surface area contributed by atoms with E-state index in [9.17, 15) is 4.79 Å². The molecule has 1 amide bonds. The number of amides is 1. The minimum absolute atomic E-state index is 0.0569. The van der Waals surface area contributed by atoms with Crippen molar-refractivity contribution in [3.63, 3.8) is 0 Å². The SMILES string of the molecule is Cc1nc2ccc(C(=O)N[C@@H]3CCOC[C@H]3OCCO)cc2o1. The minimum atomic E-state index is -0.254. The molecule has 1 saturated heterocycles. The molecule has 0 aliphatic carbocycles. The van der Waals surface area contributed by atoms with Crippen LogP contribution in [0.3, 0.4) is 0 Å². The number of benzene rings is 1. The Kier molecular flexibility index (Phi) is 4.90. The van der Waals surface area contributed by atoms with Crippen LogP contribution >= 0.6 is 0 Å². The van der Waals surface area contributed by atoms with Gasteiger partial charge in [0.05, 0.1) is 25.9 Å². The number of hydrogen-bond donors (Lipinski definition) is 2. The molecule has 7 nitrogen and oxygen atoms in total. The number of ether oxygens (including phenoxy) is 2. The Morgan fingerprint density at radius 1 is 1.52 bits per heavy atom. The number of nitrogens with zero attached hydrogens (tertiary/aromatic N) is 1. The fourth-order valence-electron chi connectivity index (χ4n) is 2.68. The number of aliphatic hydroxyl groups excluding tert-OH is 1. The Morgan fingerprint density at radius 2 is 2.39 bits per heavy atom. The van der Waals surface area contributed by atoms with E-state index in [4.69, 9.17) is 19.0 Å². The molecule has 1 fully saturated rings. The van der Waals surface area contributed by atoms with Crippen molar-refractivity contribution in [2.75, 3.05) is 26.4 Å². The smallest absolute Gasteiger partial charge is 0.251 e. The highest BCUT2D eigenvalue weighted by Crippen LogP contribution is 2.18. The van der Waals surface area contributed by atoms with Crippen LogP contribution in [0.4, 0.5) is 0 Å². The molecule has 23 heavy (non-hydrogen) atoms. The van der Waals surface area contributed by atoms with E-state index in [-0.39, 0.29) is 31.3 Å². The summed E-state index contributed by atoms with van der Waals surface area (Å²) < 4.78 is 16.4. The van der Waals surface area contributed by atoms with E-state index in [0.29, 0.717) is 36.7 Å². The maximum atomic E-state index is 12.5. The summed E-state index contributed by atoms with van der Waals surface area (Å²) in [6.45, 7) is 2.92. The number of oxazole rings is 1. The van der Waals surface area contributed by atoms with Gasteiger partial charge in [0.1, 0.15) is 11.6 Å². The third-order valence-electron chi connectivity index (χ3n) is 3.80. The summed E-state index contributed by atoms with van der Waals surface area (Å²) in [7, 11) is 0. The van der Waals surface area contributed by atoms with Gasteiger partial charge in [-0.15, -0.1) is 0 Å². The van der Waals surface area contributed by atoms with Gasteiger partial charge in [0.2, 0.25) is 0 Å². The van der Waals surface area contributed by atoms with Crippen molar-refractivity contribution < 1.29 is 23.8 Å². The van der Waals surface area contributed by atoms with Crippen LogP contribution in [0.25, 0.3) is 11.1 Å². The van der Waals surface area contributed by atoms with Gasteiger partial charge in [-0.3, -0.25) is 4.79 Å². The molecule has 2 aromatic rings. The first-order chi connectivity index (χ1) is 11.2. The number of aryl methyl sites for hydroxylation is 1. The topological polar surface area (TPSA) is 93.8 Å². The van der Waals surface area contributed by atoms with E-state index in [0.717, 1.165) is 5.52 Å². The lowest BCUT2D eigenvalue weighted by atomic mass is 10.1. The number of fused-ring (bicyclic) bond motifs is 1. The van der Waals surface area contributed by atoms with Gasteiger partial charge >= 0.3 is 0 Å². The molecule has 0 saturated carbocycles. The zero-order valence-electron chi connectivity index (χ0n) is 12.9. The maximum absolute atomic E-state index is 12.5. The number of carbonyl (C=O) groups is 1. The van der Waals surface area contributed by atoms with E-state index in [1.54, 1.807) is 25.1 Å². The summed E-state index contributed by atoms with van der Waals surface area (Å²) in [6.07, 6.45) is 0.419. The third kappa shape index (κ3) is 3.69. The second-order valence-corrected chi connectivity index (χ2v) is 5.49. The van der Waals surface area contributed by atoms with Gasteiger partial charge in [0.25, 0.3) is 5.91 Å². The highest BCUT2D eigenvalue weighted by atomic mass is 16.5. The van der Waals surface area contributed by atoms with Crippen molar-refractivity contribution in [1.82, 2.24) is 10.3 Å².